The zero-order chi connectivity index (χ0) is 11.9. The number of benzene rings is 1. The first-order valence-electron chi connectivity index (χ1n) is 6.24. The van der Waals surface area contributed by atoms with Crippen LogP contribution < -0.4 is 5.32 Å². The van der Waals surface area contributed by atoms with E-state index in [1.807, 2.05) is 6.20 Å². The van der Waals surface area contributed by atoms with Crippen molar-refractivity contribution in [2.24, 2.45) is 11.3 Å². The van der Waals surface area contributed by atoms with Crippen molar-refractivity contribution in [3.63, 3.8) is 0 Å². The van der Waals surface area contributed by atoms with Crippen LogP contribution in [-0.4, -0.2) is 11.5 Å². The Morgan fingerprint density at radius 1 is 1.29 bits per heavy atom. The van der Waals surface area contributed by atoms with E-state index in [-0.39, 0.29) is 0 Å². The molecule has 1 saturated carbocycles. The van der Waals surface area contributed by atoms with Crippen LogP contribution in [0.25, 0.3) is 10.8 Å². The van der Waals surface area contributed by atoms with E-state index in [0.29, 0.717) is 5.41 Å². The molecule has 88 valence electrons. The maximum Gasteiger partial charge on any atom is 0.133 e. The molecule has 2 nitrogen and oxygen atoms in total. The molecule has 0 radical (unpaired) electrons. The SMILES string of the molecule is CC1(C)CC1CNc1nccc2ccccc12. The van der Waals surface area contributed by atoms with Gasteiger partial charge in [0.25, 0.3) is 0 Å². The van der Waals surface area contributed by atoms with E-state index >= 15 is 0 Å². The molecule has 2 heteroatoms. The Balaban J connectivity index is 1.81. The molecule has 1 unspecified atom stereocenters. The van der Waals surface area contributed by atoms with Crippen LogP contribution in [0.4, 0.5) is 5.82 Å². The van der Waals surface area contributed by atoms with Gasteiger partial charge >= 0.3 is 0 Å². The smallest absolute Gasteiger partial charge is 0.133 e. The first-order valence-corrected chi connectivity index (χ1v) is 6.24. The Kier molecular flexibility index (Phi) is 2.32. The van der Waals surface area contributed by atoms with E-state index in [9.17, 15) is 0 Å². The Bertz CT molecular complexity index is 540. The molecule has 1 aliphatic rings. The van der Waals surface area contributed by atoms with Gasteiger partial charge in [0.15, 0.2) is 0 Å². The fourth-order valence-corrected chi connectivity index (χ4v) is 2.40. The van der Waals surface area contributed by atoms with E-state index in [1.54, 1.807) is 0 Å². The second-order valence-electron chi connectivity index (χ2n) is 5.65. The molecule has 0 saturated heterocycles. The van der Waals surface area contributed by atoms with Gasteiger partial charge in [-0.05, 0) is 29.2 Å². The Labute approximate surface area is 102 Å². The second-order valence-corrected chi connectivity index (χ2v) is 5.65. The molecule has 1 N–H and O–H groups in total. The van der Waals surface area contributed by atoms with Crippen LogP contribution in [0.1, 0.15) is 20.3 Å². The number of hydrogen-bond donors (Lipinski definition) is 1. The van der Waals surface area contributed by atoms with Gasteiger partial charge in [-0.25, -0.2) is 4.98 Å². The van der Waals surface area contributed by atoms with Crippen molar-refractivity contribution < 1.29 is 0 Å². The molecule has 1 fully saturated rings. The van der Waals surface area contributed by atoms with Crippen molar-refractivity contribution in [3.8, 4) is 0 Å². The molecule has 0 aliphatic heterocycles. The molecule has 0 spiro atoms. The Morgan fingerprint density at radius 2 is 2.06 bits per heavy atom. The van der Waals surface area contributed by atoms with Crippen LogP contribution in [-0.2, 0) is 0 Å². The molecule has 0 bridgehead atoms. The average molecular weight is 226 g/mol. The summed E-state index contributed by atoms with van der Waals surface area (Å²) in [5, 5.41) is 5.96. The fourth-order valence-electron chi connectivity index (χ4n) is 2.40. The third-order valence-corrected chi connectivity index (χ3v) is 3.91. The predicted molar refractivity (Wildman–Crippen MR) is 72.1 cm³/mol. The van der Waals surface area contributed by atoms with E-state index < -0.39 is 0 Å². The molecular weight excluding hydrogens is 208 g/mol. The van der Waals surface area contributed by atoms with Gasteiger partial charge in [0, 0.05) is 18.1 Å². The van der Waals surface area contributed by atoms with Gasteiger partial charge in [0.1, 0.15) is 5.82 Å². The number of rotatable bonds is 3. The first-order chi connectivity index (χ1) is 8.17. The molecule has 1 aliphatic carbocycles. The maximum atomic E-state index is 4.44. The van der Waals surface area contributed by atoms with E-state index in [2.05, 4.69) is 54.5 Å². The minimum absolute atomic E-state index is 0.525. The molecular formula is C15H18N2. The van der Waals surface area contributed by atoms with Crippen LogP contribution >= 0.6 is 0 Å². The van der Waals surface area contributed by atoms with Crippen LogP contribution in [0, 0.1) is 11.3 Å². The lowest BCUT2D eigenvalue weighted by atomic mass is 10.1. The first kappa shape index (κ1) is 10.6. The third kappa shape index (κ3) is 1.99. The van der Waals surface area contributed by atoms with Gasteiger partial charge in [-0.3, -0.25) is 0 Å². The van der Waals surface area contributed by atoms with Gasteiger partial charge < -0.3 is 5.32 Å². The number of fused-ring (bicyclic) bond motifs is 1. The zero-order valence-electron chi connectivity index (χ0n) is 10.4. The Morgan fingerprint density at radius 3 is 2.82 bits per heavy atom. The number of nitrogens with one attached hydrogen (secondary N) is 1. The van der Waals surface area contributed by atoms with Gasteiger partial charge in [0.2, 0.25) is 0 Å². The minimum atomic E-state index is 0.525. The summed E-state index contributed by atoms with van der Waals surface area (Å²) in [4.78, 5) is 4.44. The summed E-state index contributed by atoms with van der Waals surface area (Å²) in [6.07, 6.45) is 3.20. The van der Waals surface area contributed by atoms with E-state index in [4.69, 9.17) is 0 Å². The number of pyridine rings is 1. The van der Waals surface area contributed by atoms with E-state index in [0.717, 1.165) is 18.3 Å². The molecule has 1 atom stereocenters. The highest BCUT2D eigenvalue weighted by Crippen LogP contribution is 2.51. The molecule has 1 aromatic carbocycles. The van der Waals surface area contributed by atoms with Gasteiger partial charge in [-0.2, -0.15) is 0 Å². The normalized spacial score (nSPS) is 21.4. The summed E-state index contributed by atoms with van der Waals surface area (Å²) < 4.78 is 0. The second kappa shape index (κ2) is 3.73. The number of anilines is 1. The largest absolute Gasteiger partial charge is 0.369 e. The molecule has 1 heterocycles. The summed E-state index contributed by atoms with van der Waals surface area (Å²) in [6.45, 7) is 5.69. The number of nitrogens with zero attached hydrogens (tertiary/aromatic N) is 1. The molecule has 0 amide bonds. The predicted octanol–water partition coefficient (Wildman–Crippen LogP) is 3.69. The lowest BCUT2D eigenvalue weighted by molar-refractivity contribution is 0.573. The third-order valence-electron chi connectivity index (χ3n) is 3.91. The van der Waals surface area contributed by atoms with Crippen molar-refractivity contribution in [2.45, 2.75) is 20.3 Å². The highest BCUT2D eigenvalue weighted by Gasteiger charge is 2.44. The summed E-state index contributed by atoms with van der Waals surface area (Å²) in [5.41, 5.74) is 0.525. The van der Waals surface area contributed by atoms with Crippen molar-refractivity contribution in [1.29, 1.82) is 0 Å². The minimum Gasteiger partial charge on any atom is -0.369 e. The maximum absolute atomic E-state index is 4.44. The zero-order valence-corrected chi connectivity index (χ0v) is 10.4. The lowest BCUT2D eigenvalue weighted by Gasteiger charge is -2.09. The highest BCUT2D eigenvalue weighted by molar-refractivity contribution is 5.91. The van der Waals surface area contributed by atoms with Crippen molar-refractivity contribution >= 4 is 16.6 Å². The van der Waals surface area contributed by atoms with Crippen LogP contribution in [0.2, 0.25) is 0 Å². The van der Waals surface area contributed by atoms with Gasteiger partial charge in [-0.1, -0.05) is 38.1 Å². The summed E-state index contributed by atoms with van der Waals surface area (Å²) >= 11 is 0. The summed E-state index contributed by atoms with van der Waals surface area (Å²) in [6, 6.07) is 10.4. The summed E-state index contributed by atoms with van der Waals surface area (Å²) in [5.74, 6) is 1.81. The van der Waals surface area contributed by atoms with Gasteiger partial charge in [-0.15, -0.1) is 0 Å². The quantitative estimate of drug-likeness (QED) is 0.863. The molecule has 3 rings (SSSR count). The summed E-state index contributed by atoms with van der Waals surface area (Å²) in [7, 11) is 0. The monoisotopic (exact) mass is 226 g/mol. The van der Waals surface area contributed by atoms with Crippen molar-refractivity contribution in [2.75, 3.05) is 11.9 Å². The van der Waals surface area contributed by atoms with Gasteiger partial charge in [0.05, 0.1) is 0 Å². The van der Waals surface area contributed by atoms with Crippen molar-refractivity contribution in [1.82, 2.24) is 4.98 Å². The Hall–Kier alpha value is -1.57. The molecule has 17 heavy (non-hydrogen) atoms. The highest BCUT2D eigenvalue weighted by atomic mass is 15.0. The van der Waals surface area contributed by atoms with Crippen LogP contribution in [0.5, 0.6) is 0 Å². The topological polar surface area (TPSA) is 24.9 Å². The molecule has 1 aromatic heterocycles. The fraction of sp³-hybridized carbons (Fsp3) is 0.400. The van der Waals surface area contributed by atoms with E-state index in [1.165, 1.54) is 17.2 Å². The lowest BCUT2D eigenvalue weighted by Crippen LogP contribution is -2.08. The van der Waals surface area contributed by atoms with Crippen molar-refractivity contribution in [3.05, 3.63) is 36.5 Å². The molecule has 2 aromatic rings. The standard InChI is InChI=1S/C15H18N2/c1-15(2)9-12(15)10-17-14-13-6-4-3-5-11(13)7-8-16-14/h3-8,12H,9-10H2,1-2H3,(H,16,17). The number of hydrogen-bond acceptors (Lipinski definition) is 2. The van der Waals surface area contributed by atoms with Crippen LogP contribution in [0.15, 0.2) is 36.5 Å². The average Bonchev–Trinajstić information content (AvgIpc) is 2.94. The van der Waals surface area contributed by atoms with Crippen LogP contribution in [0.3, 0.4) is 0 Å². The number of aromatic nitrogens is 1.